The van der Waals surface area contributed by atoms with Crippen molar-refractivity contribution in [2.24, 2.45) is 0 Å². The Hall–Kier alpha value is -1.59. The fourth-order valence-electron chi connectivity index (χ4n) is 1.47. The minimum Gasteiger partial charge on any atom is -0.493 e. The molecule has 20 heavy (non-hydrogen) atoms. The van der Waals surface area contributed by atoms with Gasteiger partial charge >= 0.3 is 5.97 Å². The zero-order chi connectivity index (χ0) is 14.4. The highest BCUT2D eigenvalue weighted by molar-refractivity contribution is 7.13. The van der Waals surface area contributed by atoms with Crippen molar-refractivity contribution in [2.45, 2.75) is 13.3 Å². The monoisotopic (exact) mass is 311 g/mol. The highest BCUT2D eigenvalue weighted by Crippen LogP contribution is 2.16. The Morgan fingerprint density at radius 1 is 1.30 bits per heavy atom. The van der Waals surface area contributed by atoms with Gasteiger partial charge in [-0.3, -0.25) is 0 Å². The summed E-state index contributed by atoms with van der Waals surface area (Å²) in [5, 5.41) is 1.52. The molecule has 2 aromatic rings. The minimum absolute atomic E-state index is 0.323. The molecule has 2 rings (SSSR count). The van der Waals surface area contributed by atoms with E-state index in [0.717, 1.165) is 10.8 Å². The topological polar surface area (TPSA) is 48.4 Å². The smallest absolute Gasteiger partial charge is 0.349 e. The third-order valence-electron chi connectivity index (χ3n) is 2.43. The molecule has 1 aromatic heterocycles. The maximum absolute atomic E-state index is 11.6. The zero-order valence-corrected chi connectivity index (χ0v) is 12.5. The number of rotatable bonds is 6. The van der Waals surface area contributed by atoms with Gasteiger partial charge in [-0.15, -0.1) is 11.3 Å². The van der Waals surface area contributed by atoms with Crippen LogP contribution in [0.4, 0.5) is 0 Å². The van der Waals surface area contributed by atoms with Gasteiger partial charge in [-0.2, -0.15) is 0 Å². The number of aromatic nitrogens is 1. The van der Waals surface area contributed by atoms with Gasteiger partial charge in [0, 0.05) is 11.4 Å². The second-order valence-corrected chi connectivity index (χ2v) is 5.71. The number of carbonyl (C=O) groups excluding carboxylic acids is 1. The Balaban J connectivity index is 1.64. The van der Waals surface area contributed by atoms with E-state index in [0.29, 0.717) is 29.5 Å². The summed E-state index contributed by atoms with van der Waals surface area (Å²) in [6.07, 6.45) is 2.17. The van der Waals surface area contributed by atoms with Crippen LogP contribution in [0.25, 0.3) is 0 Å². The van der Waals surface area contributed by atoms with Crippen LogP contribution in [-0.4, -0.2) is 24.2 Å². The zero-order valence-electron chi connectivity index (χ0n) is 11.0. The Kier molecular flexibility index (Phi) is 5.38. The van der Waals surface area contributed by atoms with Gasteiger partial charge in [0.15, 0.2) is 0 Å². The van der Waals surface area contributed by atoms with Crippen LogP contribution in [0.1, 0.15) is 21.1 Å². The van der Waals surface area contributed by atoms with Crippen LogP contribution < -0.4 is 4.74 Å². The summed E-state index contributed by atoms with van der Waals surface area (Å²) in [7, 11) is 0. The molecule has 0 amide bonds. The lowest BCUT2D eigenvalue weighted by Crippen LogP contribution is -2.08. The minimum atomic E-state index is -0.331. The molecule has 0 radical (unpaired) electrons. The second kappa shape index (κ2) is 7.26. The predicted octanol–water partition coefficient (Wildman–Crippen LogP) is 3.73. The van der Waals surface area contributed by atoms with Crippen molar-refractivity contribution >= 4 is 28.9 Å². The Morgan fingerprint density at radius 3 is 2.70 bits per heavy atom. The second-order valence-electron chi connectivity index (χ2n) is 4.04. The maximum Gasteiger partial charge on any atom is 0.349 e. The normalized spacial score (nSPS) is 10.3. The maximum atomic E-state index is 11.6. The first-order chi connectivity index (χ1) is 9.65. The van der Waals surface area contributed by atoms with Crippen molar-refractivity contribution in [3.8, 4) is 5.75 Å². The third-order valence-corrected chi connectivity index (χ3v) is 3.57. The van der Waals surface area contributed by atoms with E-state index in [9.17, 15) is 4.79 Å². The average Bonchev–Trinajstić information content (AvgIpc) is 2.87. The molecule has 0 aliphatic heterocycles. The lowest BCUT2D eigenvalue weighted by atomic mass is 10.3. The molecule has 0 atom stereocenters. The van der Waals surface area contributed by atoms with Gasteiger partial charge in [0.1, 0.15) is 10.6 Å². The Labute approximate surface area is 126 Å². The molecule has 1 aromatic carbocycles. The van der Waals surface area contributed by atoms with E-state index in [4.69, 9.17) is 21.1 Å². The lowest BCUT2D eigenvalue weighted by molar-refractivity contribution is 0.0491. The van der Waals surface area contributed by atoms with E-state index in [1.165, 1.54) is 17.5 Å². The number of hydrogen-bond donors (Lipinski definition) is 0. The van der Waals surface area contributed by atoms with Crippen molar-refractivity contribution in [1.82, 2.24) is 4.98 Å². The van der Waals surface area contributed by atoms with E-state index in [2.05, 4.69) is 4.98 Å². The molecule has 1 heterocycles. The van der Waals surface area contributed by atoms with Gasteiger partial charge in [-0.25, -0.2) is 9.78 Å². The molecule has 6 heteroatoms. The standard InChI is InChI=1S/C14H14ClNO3S/c1-10-16-9-13(20-10)14(17)19-8-2-7-18-12-5-3-11(15)4-6-12/h3-6,9H,2,7-8H2,1H3. The third kappa shape index (κ3) is 4.51. The number of esters is 1. The first-order valence-electron chi connectivity index (χ1n) is 6.13. The molecule has 0 saturated carbocycles. The van der Waals surface area contributed by atoms with E-state index < -0.39 is 0 Å². The molecule has 106 valence electrons. The molecule has 0 fully saturated rings. The summed E-state index contributed by atoms with van der Waals surface area (Å²) in [6, 6.07) is 7.13. The number of thiazole rings is 1. The quantitative estimate of drug-likeness (QED) is 0.602. The number of ether oxygens (including phenoxy) is 2. The van der Waals surface area contributed by atoms with E-state index >= 15 is 0 Å². The van der Waals surface area contributed by atoms with Gasteiger partial charge in [0.05, 0.1) is 24.4 Å². The fourth-order valence-corrected chi connectivity index (χ4v) is 2.27. The molecular weight excluding hydrogens is 298 g/mol. The molecule has 0 N–H and O–H groups in total. The number of halogens is 1. The molecule has 0 unspecified atom stereocenters. The molecule has 0 aliphatic rings. The molecule has 0 aliphatic carbocycles. The number of hydrogen-bond acceptors (Lipinski definition) is 5. The summed E-state index contributed by atoms with van der Waals surface area (Å²) in [4.78, 5) is 16.2. The van der Waals surface area contributed by atoms with Crippen LogP contribution in [0.5, 0.6) is 5.75 Å². The van der Waals surface area contributed by atoms with Gasteiger partial charge in [0.2, 0.25) is 0 Å². The average molecular weight is 312 g/mol. The predicted molar refractivity (Wildman–Crippen MR) is 78.7 cm³/mol. The van der Waals surface area contributed by atoms with E-state index in [-0.39, 0.29) is 5.97 Å². The van der Waals surface area contributed by atoms with Gasteiger partial charge in [-0.05, 0) is 31.2 Å². The fraction of sp³-hybridized carbons (Fsp3) is 0.286. The van der Waals surface area contributed by atoms with Gasteiger partial charge in [0.25, 0.3) is 0 Å². The van der Waals surface area contributed by atoms with E-state index in [1.54, 1.807) is 24.3 Å². The van der Waals surface area contributed by atoms with Crippen LogP contribution in [-0.2, 0) is 4.74 Å². The molecule has 4 nitrogen and oxygen atoms in total. The van der Waals surface area contributed by atoms with Crippen LogP contribution in [0, 0.1) is 6.92 Å². The van der Waals surface area contributed by atoms with Crippen molar-refractivity contribution in [3.63, 3.8) is 0 Å². The lowest BCUT2D eigenvalue weighted by Gasteiger charge is -2.06. The first-order valence-corrected chi connectivity index (χ1v) is 7.32. The summed E-state index contributed by atoms with van der Waals surface area (Å²) >= 11 is 7.10. The summed E-state index contributed by atoms with van der Waals surface area (Å²) < 4.78 is 10.6. The molecular formula is C14H14ClNO3S. The number of carbonyl (C=O) groups is 1. The number of nitrogens with zero attached hydrogens (tertiary/aromatic N) is 1. The van der Waals surface area contributed by atoms with Crippen LogP contribution in [0.2, 0.25) is 5.02 Å². The molecule has 0 spiro atoms. The van der Waals surface area contributed by atoms with Crippen LogP contribution >= 0.6 is 22.9 Å². The highest BCUT2D eigenvalue weighted by atomic mass is 35.5. The summed E-state index contributed by atoms with van der Waals surface area (Å²) in [5.41, 5.74) is 0. The van der Waals surface area contributed by atoms with E-state index in [1.807, 2.05) is 6.92 Å². The summed E-state index contributed by atoms with van der Waals surface area (Å²) in [5.74, 6) is 0.418. The van der Waals surface area contributed by atoms with Crippen molar-refractivity contribution < 1.29 is 14.3 Å². The van der Waals surface area contributed by atoms with Crippen molar-refractivity contribution in [2.75, 3.05) is 13.2 Å². The molecule has 0 bridgehead atoms. The van der Waals surface area contributed by atoms with Crippen LogP contribution in [0.3, 0.4) is 0 Å². The van der Waals surface area contributed by atoms with Crippen molar-refractivity contribution in [3.05, 3.63) is 45.4 Å². The summed E-state index contributed by atoms with van der Waals surface area (Å²) in [6.45, 7) is 2.65. The molecule has 0 saturated heterocycles. The Bertz CT molecular complexity index is 568. The SMILES string of the molecule is Cc1ncc(C(=O)OCCCOc2ccc(Cl)cc2)s1. The number of aryl methyl sites for hydroxylation is 1. The Morgan fingerprint density at radius 2 is 2.05 bits per heavy atom. The van der Waals surface area contributed by atoms with Crippen molar-refractivity contribution in [1.29, 1.82) is 0 Å². The largest absolute Gasteiger partial charge is 0.493 e. The first kappa shape index (κ1) is 14.8. The van der Waals surface area contributed by atoms with Gasteiger partial charge < -0.3 is 9.47 Å². The van der Waals surface area contributed by atoms with Crippen LogP contribution in [0.15, 0.2) is 30.5 Å². The number of benzene rings is 1. The highest BCUT2D eigenvalue weighted by Gasteiger charge is 2.09. The van der Waals surface area contributed by atoms with Gasteiger partial charge in [-0.1, -0.05) is 11.6 Å².